The van der Waals surface area contributed by atoms with Gasteiger partial charge in [0, 0.05) is 31.7 Å². The maximum absolute atomic E-state index is 12.4. The zero-order chi connectivity index (χ0) is 14.5. The van der Waals surface area contributed by atoms with Crippen molar-refractivity contribution in [3.8, 4) is 11.5 Å². The van der Waals surface area contributed by atoms with Gasteiger partial charge in [0.1, 0.15) is 0 Å². The lowest BCUT2D eigenvalue weighted by Crippen LogP contribution is -2.46. The van der Waals surface area contributed by atoms with Crippen molar-refractivity contribution >= 4 is 17.5 Å². The minimum atomic E-state index is -0.0326. The zero-order valence-corrected chi connectivity index (χ0v) is 12.5. The van der Waals surface area contributed by atoms with Gasteiger partial charge in [0.25, 0.3) is 5.91 Å². The van der Waals surface area contributed by atoms with Crippen LogP contribution in [-0.2, 0) is 0 Å². The number of carbonyl (C=O) groups is 1. The Bertz CT molecular complexity index is 488. The Morgan fingerprint density at radius 2 is 2.10 bits per heavy atom. The van der Waals surface area contributed by atoms with Gasteiger partial charge in [0.05, 0.1) is 18.7 Å². The maximum Gasteiger partial charge on any atom is 0.254 e. The molecule has 1 N–H and O–H groups in total. The van der Waals surface area contributed by atoms with E-state index in [1.165, 1.54) is 7.11 Å². The number of halogens is 1. The Kier molecular flexibility index (Phi) is 5.09. The van der Waals surface area contributed by atoms with Crippen molar-refractivity contribution < 1.29 is 14.3 Å². The molecule has 1 aliphatic heterocycles. The number of piperazine rings is 1. The predicted octanol–water partition coefficient (Wildman–Crippen LogP) is 1.79. The van der Waals surface area contributed by atoms with Gasteiger partial charge in [-0.1, -0.05) is 11.6 Å². The lowest BCUT2D eigenvalue weighted by Gasteiger charge is -2.27. The molecule has 0 atom stereocenters. The van der Waals surface area contributed by atoms with Crippen molar-refractivity contribution in [3.63, 3.8) is 0 Å². The number of hydrogen-bond donors (Lipinski definition) is 1. The van der Waals surface area contributed by atoms with Gasteiger partial charge in [0.15, 0.2) is 11.5 Å². The van der Waals surface area contributed by atoms with Crippen LogP contribution in [-0.4, -0.2) is 50.7 Å². The molecular formula is C14H19ClN2O3. The minimum absolute atomic E-state index is 0.0326. The molecule has 1 amide bonds. The van der Waals surface area contributed by atoms with Gasteiger partial charge < -0.3 is 19.7 Å². The molecule has 1 aromatic rings. The molecular weight excluding hydrogens is 280 g/mol. The third-order valence-electron chi connectivity index (χ3n) is 3.17. The first kappa shape index (κ1) is 14.9. The largest absolute Gasteiger partial charge is 0.493 e. The lowest BCUT2D eigenvalue weighted by atomic mass is 10.1. The lowest BCUT2D eigenvalue weighted by molar-refractivity contribution is 0.0735. The summed E-state index contributed by atoms with van der Waals surface area (Å²) in [6.07, 6.45) is 0. The molecule has 0 unspecified atom stereocenters. The molecule has 1 aliphatic rings. The molecule has 0 aliphatic carbocycles. The van der Waals surface area contributed by atoms with Crippen LogP contribution in [0.5, 0.6) is 11.5 Å². The van der Waals surface area contributed by atoms with Crippen LogP contribution in [0.4, 0.5) is 0 Å². The Morgan fingerprint density at radius 3 is 2.70 bits per heavy atom. The number of nitrogens with zero attached hydrogens (tertiary/aromatic N) is 1. The number of amides is 1. The highest BCUT2D eigenvalue weighted by atomic mass is 35.5. The second kappa shape index (κ2) is 6.81. The molecule has 110 valence electrons. The van der Waals surface area contributed by atoms with Gasteiger partial charge in [-0.25, -0.2) is 0 Å². The smallest absolute Gasteiger partial charge is 0.254 e. The summed E-state index contributed by atoms with van der Waals surface area (Å²) >= 11 is 6.19. The van der Waals surface area contributed by atoms with Crippen molar-refractivity contribution in [2.45, 2.75) is 6.92 Å². The van der Waals surface area contributed by atoms with E-state index in [2.05, 4.69) is 5.32 Å². The fourth-order valence-corrected chi connectivity index (χ4v) is 2.44. The number of carbonyl (C=O) groups excluding carboxylic acids is 1. The summed E-state index contributed by atoms with van der Waals surface area (Å²) in [6, 6.07) is 3.32. The van der Waals surface area contributed by atoms with Crippen molar-refractivity contribution in [2.75, 3.05) is 39.9 Å². The Morgan fingerprint density at radius 1 is 1.40 bits per heavy atom. The van der Waals surface area contributed by atoms with Crippen molar-refractivity contribution in [3.05, 3.63) is 22.7 Å². The average molecular weight is 299 g/mol. The summed E-state index contributed by atoms with van der Waals surface area (Å²) in [4.78, 5) is 14.2. The Balaban J connectivity index is 2.27. The first-order chi connectivity index (χ1) is 9.67. The molecule has 20 heavy (non-hydrogen) atoms. The SMILES string of the molecule is CCOc1c(Cl)cc(C(=O)N2CCNCC2)cc1OC. The summed E-state index contributed by atoms with van der Waals surface area (Å²) in [6.45, 7) is 5.38. The van der Waals surface area contributed by atoms with Crippen LogP contribution >= 0.6 is 11.6 Å². The molecule has 5 nitrogen and oxygen atoms in total. The van der Waals surface area contributed by atoms with Crippen LogP contribution in [0, 0.1) is 0 Å². The van der Waals surface area contributed by atoms with Gasteiger partial charge in [0.2, 0.25) is 0 Å². The van der Waals surface area contributed by atoms with Crippen LogP contribution < -0.4 is 14.8 Å². The summed E-state index contributed by atoms with van der Waals surface area (Å²) in [5.74, 6) is 0.932. The molecule has 1 saturated heterocycles. The number of rotatable bonds is 4. The maximum atomic E-state index is 12.4. The van der Waals surface area contributed by atoms with E-state index >= 15 is 0 Å². The number of benzene rings is 1. The van der Waals surface area contributed by atoms with Crippen LogP contribution in [0.15, 0.2) is 12.1 Å². The average Bonchev–Trinajstić information content (AvgIpc) is 2.49. The summed E-state index contributed by atoms with van der Waals surface area (Å²) < 4.78 is 10.7. The third kappa shape index (κ3) is 3.16. The molecule has 2 rings (SSSR count). The summed E-state index contributed by atoms with van der Waals surface area (Å²) in [5, 5.41) is 3.61. The van der Waals surface area contributed by atoms with E-state index < -0.39 is 0 Å². The van der Waals surface area contributed by atoms with Crippen LogP contribution in [0.1, 0.15) is 17.3 Å². The van der Waals surface area contributed by atoms with E-state index in [4.69, 9.17) is 21.1 Å². The molecule has 0 bridgehead atoms. The fraction of sp³-hybridized carbons (Fsp3) is 0.500. The van der Waals surface area contributed by atoms with Crippen molar-refractivity contribution in [2.24, 2.45) is 0 Å². The van der Waals surface area contributed by atoms with Gasteiger partial charge >= 0.3 is 0 Å². The molecule has 1 fully saturated rings. The molecule has 0 radical (unpaired) electrons. The molecule has 0 spiro atoms. The molecule has 0 aromatic heterocycles. The highest BCUT2D eigenvalue weighted by Crippen LogP contribution is 2.36. The Labute approximate surface area is 123 Å². The molecule has 1 aromatic carbocycles. The number of methoxy groups -OCH3 is 1. The van der Waals surface area contributed by atoms with Crippen molar-refractivity contribution in [1.82, 2.24) is 10.2 Å². The fourth-order valence-electron chi connectivity index (χ4n) is 2.18. The second-order valence-electron chi connectivity index (χ2n) is 4.46. The quantitative estimate of drug-likeness (QED) is 0.921. The summed E-state index contributed by atoms with van der Waals surface area (Å²) in [5.41, 5.74) is 0.525. The van der Waals surface area contributed by atoms with Gasteiger partial charge in [-0.05, 0) is 19.1 Å². The Hall–Kier alpha value is -1.46. The van der Waals surface area contributed by atoms with Crippen molar-refractivity contribution in [1.29, 1.82) is 0 Å². The topological polar surface area (TPSA) is 50.8 Å². The summed E-state index contributed by atoms with van der Waals surface area (Å²) in [7, 11) is 1.53. The molecule has 0 saturated carbocycles. The van der Waals surface area contributed by atoms with Gasteiger partial charge in [-0.15, -0.1) is 0 Å². The normalized spacial score (nSPS) is 15.1. The number of nitrogens with one attached hydrogen (secondary N) is 1. The minimum Gasteiger partial charge on any atom is -0.493 e. The van der Waals surface area contributed by atoms with E-state index in [-0.39, 0.29) is 5.91 Å². The van der Waals surface area contributed by atoms with Gasteiger partial charge in [-0.3, -0.25) is 4.79 Å². The second-order valence-corrected chi connectivity index (χ2v) is 4.87. The predicted molar refractivity (Wildman–Crippen MR) is 77.9 cm³/mol. The van der Waals surface area contributed by atoms with Crippen LogP contribution in [0.3, 0.4) is 0 Å². The van der Waals surface area contributed by atoms with Crippen LogP contribution in [0.25, 0.3) is 0 Å². The number of hydrogen-bond acceptors (Lipinski definition) is 4. The zero-order valence-electron chi connectivity index (χ0n) is 11.7. The van der Waals surface area contributed by atoms with E-state index in [9.17, 15) is 4.79 Å². The molecule has 6 heteroatoms. The van der Waals surface area contributed by atoms with E-state index in [1.807, 2.05) is 11.8 Å². The standard InChI is InChI=1S/C14H19ClN2O3/c1-3-20-13-11(15)8-10(9-12(13)19-2)14(18)17-6-4-16-5-7-17/h8-9,16H,3-7H2,1-2H3. The van der Waals surface area contributed by atoms with Gasteiger partial charge in [-0.2, -0.15) is 0 Å². The third-order valence-corrected chi connectivity index (χ3v) is 3.45. The first-order valence-corrected chi connectivity index (χ1v) is 7.05. The first-order valence-electron chi connectivity index (χ1n) is 6.67. The monoisotopic (exact) mass is 298 g/mol. The molecule has 1 heterocycles. The van der Waals surface area contributed by atoms with E-state index in [0.717, 1.165) is 13.1 Å². The van der Waals surface area contributed by atoms with E-state index in [1.54, 1.807) is 12.1 Å². The number of ether oxygens (including phenoxy) is 2. The highest BCUT2D eigenvalue weighted by Gasteiger charge is 2.21. The van der Waals surface area contributed by atoms with Crippen LogP contribution in [0.2, 0.25) is 5.02 Å². The highest BCUT2D eigenvalue weighted by molar-refractivity contribution is 6.32. The van der Waals surface area contributed by atoms with E-state index in [0.29, 0.717) is 41.8 Å².